The zero-order valence-corrected chi connectivity index (χ0v) is 4.03. The Morgan fingerprint density at radius 2 is 1.00 bits per heavy atom. The SMILES string of the molecule is F.O.P.[Li]. The van der Waals surface area contributed by atoms with Crippen molar-refractivity contribution in [2.75, 3.05) is 0 Å². The van der Waals surface area contributed by atoms with Crippen molar-refractivity contribution in [2.45, 2.75) is 0 Å². The van der Waals surface area contributed by atoms with E-state index in [1.807, 2.05) is 0 Å². The maximum absolute atomic E-state index is 0. The fraction of sp³-hybridized carbons (Fsp3) is 0. The molecular weight excluding hydrogens is 72.9 g/mol. The Morgan fingerprint density at radius 1 is 1.00 bits per heavy atom. The molecule has 0 aromatic heterocycles. The zero-order valence-electron chi connectivity index (χ0n) is 2.62. The third-order valence-electron chi connectivity index (χ3n) is 0. The van der Waals surface area contributed by atoms with Gasteiger partial charge in [0.2, 0.25) is 0 Å². The topological polar surface area (TPSA) is 31.5 Å². The van der Waals surface area contributed by atoms with E-state index in [-0.39, 0.29) is 38.9 Å². The van der Waals surface area contributed by atoms with Crippen LogP contribution in [0.1, 0.15) is 0 Å². The van der Waals surface area contributed by atoms with Crippen LogP contribution in [0.15, 0.2) is 0 Å². The average molecular weight is 79.0 g/mol. The van der Waals surface area contributed by atoms with Crippen LogP contribution in [0.25, 0.3) is 0 Å². The van der Waals surface area contributed by atoms with Crippen LogP contribution < -0.4 is 0 Å². The van der Waals surface area contributed by atoms with Gasteiger partial charge in [0.25, 0.3) is 0 Å². The fourth-order valence-electron chi connectivity index (χ4n) is 0. The molecule has 1 atom stereocenters. The minimum absolute atomic E-state index is 0. The molecule has 0 aliphatic carbocycles. The predicted molar refractivity (Wildman–Crippen MR) is 23.0 cm³/mol. The smallest absolute Gasteiger partial charge is 0 e. The largest absolute Gasteiger partial charge is 0.412 e. The van der Waals surface area contributed by atoms with Gasteiger partial charge in [0.05, 0.1) is 0 Å². The van der Waals surface area contributed by atoms with Crippen molar-refractivity contribution in [1.82, 2.24) is 0 Å². The van der Waals surface area contributed by atoms with Gasteiger partial charge in [-0.2, -0.15) is 9.90 Å². The van der Waals surface area contributed by atoms with Gasteiger partial charge in [-0.25, -0.2) is 0 Å². The Balaban J connectivity index is 0. The van der Waals surface area contributed by atoms with E-state index < -0.39 is 0 Å². The molecule has 0 aliphatic heterocycles. The second kappa shape index (κ2) is 39.6. The number of rotatable bonds is 0. The van der Waals surface area contributed by atoms with Crippen LogP contribution >= 0.6 is 9.90 Å². The first-order chi connectivity index (χ1) is 0. The zero-order chi connectivity index (χ0) is 0. The van der Waals surface area contributed by atoms with Crippen molar-refractivity contribution in [2.24, 2.45) is 0 Å². The van der Waals surface area contributed by atoms with Gasteiger partial charge in [0.1, 0.15) is 0 Å². The third kappa shape index (κ3) is 12.7. The molecule has 0 spiro atoms. The van der Waals surface area contributed by atoms with Gasteiger partial charge in [-0.1, -0.05) is 0 Å². The molecule has 0 aromatic rings. The average Bonchev–Trinajstić information content (AvgIpc) is 0. The van der Waals surface area contributed by atoms with E-state index in [0.717, 1.165) is 0 Å². The van der Waals surface area contributed by atoms with Gasteiger partial charge in [-0.3, -0.25) is 4.70 Å². The molecule has 0 bridgehead atoms. The van der Waals surface area contributed by atoms with Gasteiger partial charge < -0.3 is 5.48 Å². The van der Waals surface area contributed by atoms with E-state index in [1.165, 1.54) is 0 Å². The standard InChI is InChI=1S/FH.Li.H2O.H3P/h1H;;1H2;1H3. The molecule has 0 heterocycles. The summed E-state index contributed by atoms with van der Waals surface area (Å²) in [7, 11) is 0. The van der Waals surface area contributed by atoms with E-state index in [4.69, 9.17) is 0 Å². The summed E-state index contributed by atoms with van der Waals surface area (Å²) < 4.78 is 0. The first-order valence-electron chi connectivity index (χ1n) is 0. The van der Waals surface area contributed by atoms with E-state index in [9.17, 15) is 0 Å². The van der Waals surface area contributed by atoms with Crippen molar-refractivity contribution >= 4 is 28.8 Å². The summed E-state index contributed by atoms with van der Waals surface area (Å²) in [4.78, 5) is 0. The van der Waals surface area contributed by atoms with Gasteiger partial charge in [-0.15, -0.1) is 0 Å². The van der Waals surface area contributed by atoms with Crippen molar-refractivity contribution in [1.29, 1.82) is 0 Å². The summed E-state index contributed by atoms with van der Waals surface area (Å²) in [5, 5.41) is 0. The van der Waals surface area contributed by atoms with Crippen molar-refractivity contribution in [3.05, 3.63) is 0 Å². The summed E-state index contributed by atoms with van der Waals surface area (Å²) in [5.41, 5.74) is 0. The summed E-state index contributed by atoms with van der Waals surface area (Å²) in [6.45, 7) is 0. The van der Waals surface area contributed by atoms with E-state index in [0.29, 0.717) is 0 Å². The van der Waals surface area contributed by atoms with Gasteiger partial charge >= 0.3 is 0 Å². The van der Waals surface area contributed by atoms with Crippen LogP contribution in [0.4, 0.5) is 4.70 Å². The van der Waals surface area contributed by atoms with Crippen LogP contribution in [0.2, 0.25) is 0 Å². The second-order valence-corrected chi connectivity index (χ2v) is 0. The van der Waals surface area contributed by atoms with Crippen LogP contribution in [-0.4, -0.2) is 24.3 Å². The third-order valence-corrected chi connectivity index (χ3v) is 0. The maximum Gasteiger partial charge on any atom is 0 e. The molecule has 1 unspecified atom stereocenters. The maximum atomic E-state index is 0. The quantitative estimate of drug-likeness (QED) is 0.263. The second-order valence-electron chi connectivity index (χ2n) is 0. The molecule has 2 N–H and O–H groups in total. The molecular formula is H6FLiOP. The van der Waals surface area contributed by atoms with E-state index >= 15 is 0 Å². The molecule has 4 heavy (non-hydrogen) atoms. The van der Waals surface area contributed by atoms with E-state index in [2.05, 4.69) is 0 Å². The fourth-order valence-corrected chi connectivity index (χ4v) is 0. The predicted octanol–water partition coefficient (Wildman–Crippen LogP) is -0.995. The Morgan fingerprint density at radius 3 is 1.00 bits per heavy atom. The first kappa shape index (κ1) is 89.7. The van der Waals surface area contributed by atoms with Crippen molar-refractivity contribution < 1.29 is 10.2 Å². The Labute approximate surface area is 39.6 Å². The molecule has 0 saturated carbocycles. The van der Waals surface area contributed by atoms with Gasteiger partial charge in [0, 0.05) is 18.9 Å². The number of hydrogen-bond donors (Lipinski definition) is 0. The number of halogens is 1. The van der Waals surface area contributed by atoms with Crippen LogP contribution in [-0.2, 0) is 0 Å². The van der Waals surface area contributed by atoms with E-state index in [1.54, 1.807) is 0 Å². The minimum Gasteiger partial charge on any atom is -0.412 e. The molecule has 0 fully saturated rings. The summed E-state index contributed by atoms with van der Waals surface area (Å²) in [5.74, 6) is 0. The van der Waals surface area contributed by atoms with Crippen LogP contribution in [0.5, 0.6) is 0 Å². The molecule has 0 amide bonds. The Bertz CT molecular complexity index is 8.00. The van der Waals surface area contributed by atoms with Crippen LogP contribution in [0.3, 0.4) is 0 Å². The van der Waals surface area contributed by atoms with Gasteiger partial charge in [-0.05, 0) is 0 Å². The molecule has 1 nitrogen and oxygen atoms in total. The minimum atomic E-state index is 0. The van der Waals surface area contributed by atoms with Crippen molar-refractivity contribution in [3.8, 4) is 0 Å². The molecule has 0 rings (SSSR count). The van der Waals surface area contributed by atoms with Gasteiger partial charge in [0.15, 0.2) is 0 Å². The molecule has 1 radical (unpaired) electrons. The molecule has 0 saturated heterocycles. The number of hydrogen-bond acceptors (Lipinski definition) is 0. The molecule has 4 heteroatoms. The molecule has 0 aromatic carbocycles. The summed E-state index contributed by atoms with van der Waals surface area (Å²) in [6.07, 6.45) is 0. The molecule has 25 valence electrons. The normalized spacial score (nSPS) is 0. The summed E-state index contributed by atoms with van der Waals surface area (Å²) >= 11 is 0. The monoisotopic (exact) mass is 79.0 g/mol. The molecule has 0 aliphatic rings. The van der Waals surface area contributed by atoms with Crippen molar-refractivity contribution in [3.63, 3.8) is 0 Å². The first-order valence-corrected chi connectivity index (χ1v) is 0. The van der Waals surface area contributed by atoms with Crippen LogP contribution in [0, 0.1) is 0 Å². The summed E-state index contributed by atoms with van der Waals surface area (Å²) in [6, 6.07) is 0. The Kier molecular flexibility index (Phi) is 888. The Hall–Kier alpha value is 0.917.